The van der Waals surface area contributed by atoms with Gasteiger partial charge in [0.15, 0.2) is 0 Å². The normalized spacial score (nSPS) is 14.1. The van der Waals surface area contributed by atoms with Crippen molar-refractivity contribution in [2.24, 2.45) is 0 Å². The summed E-state index contributed by atoms with van der Waals surface area (Å²) in [5.41, 5.74) is 10.8. The molecule has 1 aliphatic heterocycles. The molecule has 5 rings (SSSR count). The summed E-state index contributed by atoms with van der Waals surface area (Å²) < 4.78 is 13.0. The van der Waals surface area contributed by atoms with Gasteiger partial charge in [0.1, 0.15) is 17.2 Å². The van der Waals surface area contributed by atoms with Gasteiger partial charge in [-0.1, -0.05) is 0 Å². The number of rotatable bonds is 4. The van der Waals surface area contributed by atoms with Crippen molar-refractivity contribution in [2.45, 2.75) is 26.4 Å². The lowest BCUT2D eigenvalue weighted by molar-refractivity contribution is 0.0636. The zero-order valence-corrected chi connectivity index (χ0v) is 20.7. The van der Waals surface area contributed by atoms with Crippen LogP contribution in [0.25, 0.3) is 28.1 Å². The summed E-state index contributed by atoms with van der Waals surface area (Å²) in [7, 11) is 0. The number of fused-ring (bicyclic) bond motifs is 1. The molecule has 0 aliphatic carbocycles. The maximum absolute atomic E-state index is 12.2. The van der Waals surface area contributed by atoms with E-state index in [0.29, 0.717) is 30.5 Å². The molecule has 0 atom stereocenters. The van der Waals surface area contributed by atoms with Crippen LogP contribution >= 0.6 is 0 Å². The number of pyridine rings is 1. The van der Waals surface area contributed by atoms with Gasteiger partial charge in [0.2, 0.25) is 0 Å². The number of aromatic nitrogens is 3. The Hall–Kier alpha value is -4.11. The molecule has 1 amide bonds. The Morgan fingerprint density at radius 3 is 2.47 bits per heavy atom. The molecule has 3 N–H and O–H groups in total. The fourth-order valence-electron chi connectivity index (χ4n) is 4.25. The van der Waals surface area contributed by atoms with Gasteiger partial charge in [-0.2, -0.15) is 0 Å². The number of benzene rings is 2. The second-order valence-electron chi connectivity index (χ2n) is 9.65. The lowest BCUT2D eigenvalue weighted by Gasteiger charge is -2.28. The average molecular weight is 487 g/mol. The van der Waals surface area contributed by atoms with Crippen molar-refractivity contribution in [3.63, 3.8) is 0 Å². The molecule has 1 saturated heterocycles. The smallest absolute Gasteiger partial charge is 0.412 e. The second-order valence-corrected chi connectivity index (χ2v) is 9.65. The second kappa shape index (κ2) is 9.50. The highest BCUT2D eigenvalue weighted by Gasteiger charge is 2.20. The number of hydrogen-bond donors (Lipinski definition) is 2. The largest absolute Gasteiger partial charge is 0.444 e. The third-order valence-electron chi connectivity index (χ3n) is 5.86. The number of ether oxygens (including phenoxy) is 2. The van der Waals surface area contributed by atoms with Gasteiger partial charge in [0, 0.05) is 36.3 Å². The number of nitrogen functional groups attached to an aromatic ring is 1. The molecular weight excluding hydrogens is 456 g/mol. The molecule has 0 radical (unpaired) electrons. The Kier molecular flexibility index (Phi) is 6.24. The van der Waals surface area contributed by atoms with Crippen molar-refractivity contribution in [2.75, 3.05) is 42.3 Å². The van der Waals surface area contributed by atoms with Crippen molar-refractivity contribution in [3.05, 3.63) is 60.8 Å². The van der Waals surface area contributed by atoms with Crippen LogP contribution in [-0.4, -0.2) is 52.5 Å². The van der Waals surface area contributed by atoms with E-state index in [-0.39, 0.29) is 0 Å². The first kappa shape index (κ1) is 23.6. The van der Waals surface area contributed by atoms with Crippen LogP contribution in [0.15, 0.2) is 60.8 Å². The molecule has 36 heavy (non-hydrogen) atoms. The standard InChI is InChI=1S/C27H30N6O3/c1-27(2,3)36-26(34)30-18-6-8-19(9-7-18)33-23-17-20(32-13-15-35-16-14-32)10-11-22(23)31-25(33)21-5-4-12-29-24(21)28/h4-12,17H,13-16H2,1-3H3,(H2,28,29)(H,30,34). The molecule has 9 nitrogen and oxygen atoms in total. The highest BCUT2D eigenvalue weighted by Crippen LogP contribution is 2.33. The zero-order valence-electron chi connectivity index (χ0n) is 20.7. The van der Waals surface area contributed by atoms with Crippen LogP contribution in [0, 0.1) is 0 Å². The summed E-state index contributed by atoms with van der Waals surface area (Å²) >= 11 is 0. The highest BCUT2D eigenvalue weighted by atomic mass is 16.6. The fraction of sp³-hybridized carbons (Fsp3) is 0.296. The Morgan fingerprint density at radius 1 is 1.06 bits per heavy atom. The van der Waals surface area contributed by atoms with E-state index in [2.05, 4.69) is 31.9 Å². The summed E-state index contributed by atoms with van der Waals surface area (Å²) in [4.78, 5) is 23.7. The van der Waals surface area contributed by atoms with Crippen molar-refractivity contribution >= 4 is 34.3 Å². The molecule has 3 heterocycles. The van der Waals surface area contributed by atoms with Gasteiger partial charge in [0.05, 0.1) is 29.8 Å². The number of carbonyl (C=O) groups is 1. The third kappa shape index (κ3) is 4.96. The van der Waals surface area contributed by atoms with E-state index in [9.17, 15) is 4.79 Å². The molecule has 2 aromatic heterocycles. The van der Waals surface area contributed by atoms with Crippen LogP contribution in [0.1, 0.15) is 20.8 Å². The number of anilines is 3. The first-order chi connectivity index (χ1) is 17.3. The lowest BCUT2D eigenvalue weighted by Crippen LogP contribution is -2.36. The molecule has 0 saturated carbocycles. The molecule has 1 aliphatic rings. The van der Waals surface area contributed by atoms with Gasteiger partial charge >= 0.3 is 6.09 Å². The quantitative estimate of drug-likeness (QED) is 0.424. The molecule has 4 aromatic rings. The number of imidazole rings is 1. The number of nitrogens with zero attached hydrogens (tertiary/aromatic N) is 4. The summed E-state index contributed by atoms with van der Waals surface area (Å²) in [5.74, 6) is 1.10. The number of morpholine rings is 1. The predicted molar refractivity (Wildman–Crippen MR) is 142 cm³/mol. The number of nitrogens with two attached hydrogens (primary N) is 1. The maximum Gasteiger partial charge on any atom is 0.412 e. The maximum atomic E-state index is 12.2. The molecule has 2 aromatic carbocycles. The lowest BCUT2D eigenvalue weighted by atomic mass is 10.2. The zero-order chi connectivity index (χ0) is 25.3. The van der Waals surface area contributed by atoms with Crippen LogP contribution in [-0.2, 0) is 9.47 Å². The number of amides is 1. The van der Waals surface area contributed by atoms with E-state index in [1.54, 1.807) is 6.20 Å². The summed E-state index contributed by atoms with van der Waals surface area (Å²) in [5, 5.41) is 2.78. The average Bonchev–Trinajstić information content (AvgIpc) is 3.22. The molecular formula is C27H30N6O3. The molecule has 0 bridgehead atoms. The summed E-state index contributed by atoms with van der Waals surface area (Å²) in [6.07, 6.45) is 1.17. The van der Waals surface area contributed by atoms with E-state index in [4.69, 9.17) is 20.2 Å². The first-order valence-corrected chi connectivity index (χ1v) is 11.9. The van der Waals surface area contributed by atoms with Crippen LogP contribution in [0.3, 0.4) is 0 Å². The Morgan fingerprint density at radius 2 is 1.78 bits per heavy atom. The van der Waals surface area contributed by atoms with E-state index in [1.807, 2.05) is 63.2 Å². The van der Waals surface area contributed by atoms with Gasteiger partial charge in [-0.15, -0.1) is 0 Å². The Balaban J connectivity index is 1.57. The van der Waals surface area contributed by atoms with Crippen LogP contribution in [0.2, 0.25) is 0 Å². The summed E-state index contributed by atoms with van der Waals surface area (Å²) in [6.45, 7) is 8.59. The van der Waals surface area contributed by atoms with E-state index in [0.717, 1.165) is 41.1 Å². The molecule has 186 valence electrons. The van der Waals surface area contributed by atoms with Crippen LogP contribution in [0.5, 0.6) is 0 Å². The molecule has 0 spiro atoms. The SMILES string of the molecule is CC(C)(C)OC(=O)Nc1ccc(-n2c(-c3cccnc3N)nc3ccc(N4CCOCC4)cc32)cc1. The summed E-state index contributed by atoms with van der Waals surface area (Å²) in [6, 6.07) is 17.6. The number of hydrogen-bond acceptors (Lipinski definition) is 7. The van der Waals surface area contributed by atoms with E-state index < -0.39 is 11.7 Å². The van der Waals surface area contributed by atoms with Gasteiger partial charge in [-0.3, -0.25) is 9.88 Å². The molecule has 0 unspecified atom stereocenters. The van der Waals surface area contributed by atoms with Crippen LogP contribution in [0.4, 0.5) is 22.0 Å². The van der Waals surface area contributed by atoms with Gasteiger partial charge in [-0.25, -0.2) is 14.8 Å². The topological polar surface area (TPSA) is 108 Å². The predicted octanol–water partition coefficient (Wildman–Crippen LogP) is 4.85. The first-order valence-electron chi connectivity index (χ1n) is 11.9. The number of carbonyl (C=O) groups excluding carboxylic acids is 1. The molecule has 9 heteroatoms. The monoisotopic (exact) mass is 486 g/mol. The number of nitrogens with one attached hydrogen (secondary N) is 1. The Labute approximate surface area is 209 Å². The van der Waals surface area contributed by atoms with E-state index in [1.165, 1.54) is 0 Å². The minimum atomic E-state index is -0.573. The van der Waals surface area contributed by atoms with Crippen molar-refractivity contribution in [1.29, 1.82) is 0 Å². The van der Waals surface area contributed by atoms with Crippen molar-refractivity contribution < 1.29 is 14.3 Å². The minimum absolute atomic E-state index is 0.408. The Bertz CT molecular complexity index is 1390. The third-order valence-corrected chi connectivity index (χ3v) is 5.86. The fourth-order valence-corrected chi connectivity index (χ4v) is 4.25. The highest BCUT2D eigenvalue weighted by molar-refractivity contribution is 5.88. The van der Waals surface area contributed by atoms with Gasteiger partial charge in [0.25, 0.3) is 0 Å². The van der Waals surface area contributed by atoms with Crippen LogP contribution < -0.4 is 16.0 Å². The van der Waals surface area contributed by atoms with Gasteiger partial charge in [-0.05, 0) is 75.4 Å². The minimum Gasteiger partial charge on any atom is -0.444 e. The van der Waals surface area contributed by atoms with Crippen molar-refractivity contribution in [1.82, 2.24) is 14.5 Å². The van der Waals surface area contributed by atoms with E-state index >= 15 is 0 Å². The van der Waals surface area contributed by atoms with Crippen molar-refractivity contribution in [3.8, 4) is 17.1 Å². The molecule has 1 fully saturated rings. The van der Waals surface area contributed by atoms with Gasteiger partial charge < -0.3 is 20.1 Å².